The summed E-state index contributed by atoms with van der Waals surface area (Å²) in [6.45, 7) is 1.06. The molecule has 0 spiro atoms. The Kier molecular flexibility index (Phi) is 6.17. The van der Waals surface area contributed by atoms with Gasteiger partial charge >= 0.3 is 7.82 Å². The molecule has 0 amide bonds. The largest absolute Gasteiger partial charge is 0.472 e. The van der Waals surface area contributed by atoms with E-state index in [1.54, 1.807) is 6.92 Å². The van der Waals surface area contributed by atoms with Gasteiger partial charge in [-0.3, -0.25) is 9.05 Å². The first-order valence-corrected chi connectivity index (χ1v) is 5.52. The van der Waals surface area contributed by atoms with Gasteiger partial charge in [0, 0.05) is 5.75 Å². The van der Waals surface area contributed by atoms with Crippen LogP contribution in [0.4, 0.5) is 0 Å². The van der Waals surface area contributed by atoms with E-state index in [1.807, 2.05) is 0 Å². The first-order chi connectivity index (χ1) is 5.52. The van der Waals surface area contributed by atoms with Crippen LogP contribution in [-0.4, -0.2) is 35.1 Å². The molecule has 2 unspecified atom stereocenters. The van der Waals surface area contributed by atoms with Gasteiger partial charge in [-0.15, -0.1) is 0 Å². The van der Waals surface area contributed by atoms with Gasteiger partial charge in [0.1, 0.15) is 0 Å². The van der Waals surface area contributed by atoms with Gasteiger partial charge in [-0.05, 0) is 6.92 Å². The van der Waals surface area contributed by atoms with Crippen molar-refractivity contribution in [2.24, 2.45) is 0 Å². The molecule has 5 nitrogen and oxygen atoms in total. The molecular weight excluding hydrogens is 203 g/mol. The molecule has 0 rings (SSSR count). The number of hydrogen-bond donors (Lipinski definition) is 3. The monoisotopic (exact) mass is 216 g/mol. The maximum atomic E-state index is 10.9. The highest BCUT2D eigenvalue weighted by Gasteiger charge is 2.23. The molecule has 0 fully saturated rings. The van der Waals surface area contributed by atoms with Crippen LogP contribution in [0.25, 0.3) is 0 Å². The molecule has 0 radical (unpaired) electrons. The molecule has 0 aromatic rings. The number of rotatable bonds is 6. The van der Waals surface area contributed by atoms with Gasteiger partial charge in [-0.2, -0.15) is 12.6 Å². The fourth-order valence-electron chi connectivity index (χ4n) is 0.447. The highest BCUT2D eigenvalue weighted by Crippen LogP contribution is 2.44. The summed E-state index contributed by atoms with van der Waals surface area (Å²) in [7, 11) is -3.99. The minimum Gasteiger partial charge on any atom is -0.394 e. The number of aliphatic hydroxyl groups excluding tert-OH is 1. The third-order valence-corrected chi connectivity index (χ3v) is 2.57. The zero-order valence-corrected chi connectivity index (χ0v) is 8.50. The SMILES string of the molecule is CC(CS)OP(=O)(O)OCCO. The second kappa shape index (κ2) is 5.96. The summed E-state index contributed by atoms with van der Waals surface area (Å²) in [4.78, 5) is 8.91. The maximum absolute atomic E-state index is 10.9. The topological polar surface area (TPSA) is 76.0 Å². The molecule has 0 bridgehead atoms. The van der Waals surface area contributed by atoms with E-state index in [9.17, 15) is 4.57 Å². The van der Waals surface area contributed by atoms with Crippen LogP contribution in [0.1, 0.15) is 6.92 Å². The van der Waals surface area contributed by atoms with Crippen LogP contribution in [-0.2, 0) is 13.6 Å². The van der Waals surface area contributed by atoms with Gasteiger partial charge in [-0.1, -0.05) is 0 Å². The van der Waals surface area contributed by atoms with E-state index in [4.69, 9.17) is 10.00 Å². The first kappa shape index (κ1) is 12.4. The summed E-state index contributed by atoms with van der Waals surface area (Å²) >= 11 is 3.86. The zero-order valence-electron chi connectivity index (χ0n) is 6.71. The smallest absolute Gasteiger partial charge is 0.394 e. The van der Waals surface area contributed by atoms with Crippen molar-refractivity contribution >= 4 is 20.5 Å². The minimum absolute atomic E-state index is 0.215. The van der Waals surface area contributed by atoms with Crippen molar-refractivity contribution in [2.75, 3.05) is 19.0 Å². The summed E-state index contributed by atoms with van der Waals surface area (Å²) in [6.07, 6.45) is -0.456. The fraction of sp³-hybridized carbons (Fsp3) is 1.00. The van der Waals surface area contributed by atoms with E-state index in [0.717, 1.165) is 0 Å². The lowest BCUT2D eigenvalue weighted by molar-refractivity contribution is 0.104. The van der Waals surface area contributed by atoms with Crippen molar-refractivity contribution in [3.05, 3.63) is 0 Å². The summed E-state index contributed by atoms with van der Waals surface area (Å²) in [5.74, 6) is 0.326. The lowest BCUT2D eigenvalue weighted by Gasteiger charge is -2.14. The highest BCUT2D eigenvalue weighted by atomic mass is 32.1. The van der Waals surface area contributed by atoms with Crippen molar-refractivity contribution in [1.29, 1.82) is 0 Å². The van der Waals surface area contributed by atoms with E-state index in [2.05, 4.69) is 21.7 Å². The molecule has 0 aromatic heterocycles. The number of phosphoric acid groups is 1. The van der Waals surface area contributed by atoms with Gasteiger partial charge in [0.05, 0.1) is 19.3 Å². The van der Waals surface area contributed by atoms with Gasteiger partial charge in [0.25, 0.3) is 0 Å². The molecular formula is C5H13O5PS. The average molecular weight is 216 g/mol. The van der Waals surface area contributed by atoms with Crippen LogP contribution < -0.4 is 0 Å². The Morgan fingerprint density at radius 1 is 1.67 bits per heavy atom. The molecule has 0 saturated heterocycles. The normalized spacial score (nSPS) is 18.7. The van der Waals surface area contributed by atoms with Crippen molar-refractivity contribution in [1.82, 2.24) is 0 Å². The van der Waals surface area contributed by atoms with Crippen LogP contribution >= 0.6 is 20.5 Å². The first-order valence-electron chi connectivity index (χ1n) is 3.39. The Hall–Kier alpha value is 0.420. The molecule has 74 valence electrons. The lowest BCUT2D eigenvalue weighted by Crippen LogP contribution is -2.10. The van der Waals surface area contributed by atoms with Crippen molar-refractivity contribution in [3.8, 4) is 0 Å². The Balaban J connectivity index is 3.78. The van der Waals surface area contributed by atoms with E-state index in [-0.39, 0.29) is 13.2 Å². The Morgan fingerprint density at radius 2 is 2.25 bits per heavy atom. The van der Waals surface area contributed by atoms with E-state index in [1.165, 1.54) is 0 Å². The Bertz CT molecular complexity index is 164. The van der Waals surface area contributed by atoms with Crippen LogP contribution in [0.3, 0.4) is 0 Å². The van der Waals surface area contributed by atoms with Crippen LogP contribution in [0.2, 0.25) is 0 Å². The number of aliphatic hydroxyl groups is 1. The molecule has 7 heteroatoms. The van der Waals surface area contributed by atoms with Crippen molar-refractivity contribution in [3.63, 3.8) is 0 Å². The summed E-state index contributed by atoms with van der Waals surface area (Å²) in [5, 5.41) is 8.29. The predicted molar refractivity (Wildman–Crippen MR) is 47.3 cm³/mol. The average Bonchev–Trinajstić information content (AvgIpc) is 2.00. The quantitative estimate of drug-likeness (QED) is 0.443. The van der Waals surface area contributed by atoms with Gasteiger partial charge < -0.3 is 10.00 Å². The summed E-state index contributed by atoms with van der Waals surface area (Å²) in [6, 6.07) is 0. The summed E-state index contributed by atoms with van der Waals surface area (Å²) in [5.41, 5.74) is 0. The second-order valence-electron chi connectivity index (χ2n) is 2.12. The van der Waals surface area contributed by atoms with Crippen LogP contribution in [0.15, 0.2) is 0 Å². The molecule has 2 atom stereocenters. The molecule has 0 aliphatic heterocycles. The molecule has 0 saturated carbocycles. The van der Waals surface area contributed by atoms with Crippen LogP contribution in [0, 0.1) is 0 Å². The Labute approximate surface area is 76.7 Å². The minimum atomic E-state index is -3.99. The fourth-order valence-corrected chi connectivity index (χ4v) is 1.54. The van der Waals surface area contributed by atoms with E-state index >= 15 is 0 Å². The molecule has 0 heterocycles. The molecule has 0 aliphatic carbocycles. The summed E-state index contributed by atoms with van der Waals surface area (Å²) < 4.78 is 19.9. The van der Waals surface area contributed by atoms with Crippen molar-refractivity contribution in [2.45, 2.75) is 13.0 Å². The Morgan fingerprint density at radius 3 is 2.67 bits per heavy atom. The van der Waals surface area contributed by atoms with E-state index < -0.39 is 13.9 Å². The molecule has 0 aliphatic rings. The highest BCUT2D eigenvalue weighted by molar-refractivity contribution is 7.80. The predicted octanol–water partition coefficient (Wildman–Crippen LogP) is 0.431. The molecule has 12 heavy (non-hydrogen) atoms. The lowest BCUT2D eigenvalue weighted by atomic mass is 10.5. The second-order valence-corrected chi connectivity index (χ2v) is 3.90. The maximum Gasteiger partial charge on any atom is 0.472 e. The number of hydrogen-bond acceptors (Lipinski definition) is 5. The van der Waals surface area contributed by atoms with Gasteiger partial charge in [0.15, 0.2) is 0 Å². The van der Waals surface area contributed by atoms with Crippen LogP contribution in [0.5, 0.6) is 0 Å². The standard InChI is InChI=1S/C5H13O5PS/c1-5(4-12)10-11(7,8)9-3-2-6/h5-6,12H,2-4H2,1H3,(H,7,8). The third kappa shape index (κ3) is 5.99. The zero-order chi connectivity index (χ0) is 9.61. The number of phosphoric ester groups is 1. The van der Waals surface area contributed by atoms with E-state index in [0.29, 0.717) is 5.75 Å². The molecule has 2 N–H and O–H groups in total. The van der Waals surface area contributed by atoms with Gasteiger partial charge in [-0.25, -0.2) is 4.57 Å². The number of thiol groups is 1. The molecule has 0 aromatic carbocycles. The third-order valence-electron chi connectivity index (χ3n) is 0.916. The van der Waals surface area contributed by atoms with Gasteiger partial charge in [0.2, 0.25) is 0 Å². The van der Waals surface area contributed by atoms with Crippen molar-refractivity contribution < 1.29 is 23.6 Å².